The molecule has 0 aliphatic carbocycles. The van der Waals surface area contributed by atoms with Gasteiger partial charge in [-0.2, -0.15) is 0 Å². The van der Waals surface area contributed by atoms with E-state index < -0.39 is 18.2 Å². The molecule has 4 rings (SSSR count). The largest absolute Gasteiger partial charge is 0.497 e. The summed E-state index contributed by atoms with van der Waals surface area (Å²) in [5, 5.41) is 5.82. The van der Waals surface area contributed by atoms with Crippen LogP contribution in [0.5, 0.6) is 5.75 Å². The zero-order chi connectivity index (χ0) is 27.9. The minimum absolute atomic E-state index is 0.231. The van der Waals surface area contributed by atoms with E-state index in [2.05, 4.69) is 10.6 Å². The van der Waals surface area contributed by atoms with Gasteiger partial charge in [-0.15, -0.1) is 0 Å². The first-order chi connectivity index (χ1) is 18.7. The zero-order valence-corrected chi connectivity index (χ0v) is 22.6. The summed E-state index contributed by atoms with van der Waals surface area (Å²) < 4.78 is 10.9. The number of nitrogens with zero attached hydrogens (tertiary/aromatic N) is 2. The number of methoxy groups -OCH3 is 1. The highest BCUT2D eigenvalue weighted by atomic mass is 16.6. The molecule has 0 radical (unpaired) electrons. The molecule has 3 aromatic carbocycles. The van der Waals surface area contributed by atoms with Crippen molar-refractivity contribution in [2.45, 2.75) is 25.6 Å². The monoisotopic (exact) mass is 530 g/mol. The summed E-state index contributed by atoms with van der Waals surface area (Å²) in [7, 11) is 5.41. The molecule has 9 nitrogen and oxygen atoms in total. The fourth-order valence-electron chi connectivity index (χ4n) is 4.35. The van der Waals surface area contributed by atoms with Gasteiger partial charge in [0.2, 0.25) is 5.91 Å². The van der Waals surface area contributed by atoms with Gasteiger partial charge in [-0.3, -0.25) is 14.5 Å². The maximum atomic E-state index is 13.4. The Morgan fingerprint density at radius 1 is 1.03 bits per heavy atom. The van der Waals surface area contributed by atoms with Gasteiger partial charge < -0.3 is 25.0 Å². The summed E-state index contributed by atoms with van der Waals surface area (Å²) in [6, 6.07) is 20.7. The van der Waals surface area contributed by atoms with Crippen LogP contribution < -0.4 is 15.4 Å². The van der Waals surface area contributed by atoms with Gasteiger partial charge in [0.1, 0.15) is 5.75 Å². The number of hydrogen-bond donors (Lipinski definition) is 2. The first kappa shape index (κ1) is 27.7. The molecule has 2 N–H and O–H groups in total. The summed E-state index contributed by atoms with van der Waals surface area (Å²) in [6.45, 7) is 3.31. The average Bonchev–Trinajstić information content (AvgIpc) is 3.25. The van der Waals surface area contributed by atoms with Crippen molar-refractivity contribution in [3.63, 3.8) is 0 Å². The van der Waals surface area contributed by atoms with Crippen molar-refractivity contribution in [1.82, 2.24) is 15.1 Å². The number of nitrogens with one attached hydrogen (secondary N) is 2. The van der Waals surface area contributed by atoms with Gasteiger partial charge in [-0.1, -0.05) is 42.0 Å². The van der Waals surface area contributed by atoms with Crippen LogP contribution in [0.3, 0.4) is 0 Å². The van der Waals surface area contributed by atoms with Gasteiger partial charge in [0.25, 0.3) is 5.91 Å². The molecule has 3 amide bonds. The highest BCUT2D eigenvalue weighted by Gasteiger charge is 2.47. The summed E-state index contributed by atoms with van der Waals surface area (Å²) in [5.74, 6) is 0.0615. The number of hydrogen-bond acceptors (Lipinski definition) is 6. The van der Waals surface area contributed by atoms with Crippen molar-refractivity contribution in [3.05, 3.63) is 95.1 Å². The Kier molecular flexibility index (Phi) is 8.83. The summed E-state index contributed by atoms with van der Waals surface area (Å²) in [5.41, 5.74) is 3.59. The number of ether oxygens (including phenoxy) is 2. The average molecular weight is 531 g/mol. The second-order valence-electron chi connectivity index (χ2n) is 9.77. The van der Waals surface area contributed by atoms with Gasteiger partial charge in [-0.05, 0) is 68.5 Å². The Balaban J connectivity index is 1.57. The van der Waals surface area contributed by atoms with E-state index in [1.54, 1.807) is 55.6 Å². The van der Waals surface area contributed by atoms with E-state index in [9.17, 15) is 14.4 Å². The molecule has 2 unspecified atom stereocenters. The Morgan fingerprint density at radius 2 is 1.74 bits per heavy atom. The second-order valence-corrected chi connectivity index (χ2v) is 9.77. The fraction of sp³-hybridized carbons (Fsp3) is 0.300. The Morgan fingerprint density at radius 3 is 2.41 bits per heavy atom. The minimum Gasteiger partial charge on any atom is -0.497 e. The Labute approximate surface area is 228 Å². The molecule has 0 aromatic heterocycles. The molecule has 204 valence electrons. The maximum absolute atomic E-state index is 13.4. The number of anilines is 1. The van der Waals surface area contributed by atoms with E-state index in [4.69, 9.17) is 9.47 Å². The molecule has 0 saturated carbocycles. The molecule has 3 aromatic rings. The van der Waals surface area contributed by atoms with E-state index in [1.807, 2.05) is 50.2 Å². The van der Waals surface area contributed by atoms with E-state index in [0.717, 1.165) is 11.1 Å². The number of amides is 3. The van der Waals surface area contributed by atoms with Crippen LogP contribution in [-0.4, -0.2) is 68.0 Å². The van der Waals surface area contributed by atoms with Gasteiger partial charge in [0.15, 0.2) is 12.1 Å². The zero-order valence-electron chi connectivity index (χ0n) is 22.6. The number of carbonyl (C=O) groups is 3. The molecule has 1 aliphatic rings. The lowest BCUT2D eigenvalue weighted by atomic mass is 10.00. The van der Waals surface area contributed by atoms with Gasteiger partial charge >= 0.3 is 6.09 Å². The van der Waals surface area contributed by atoms with Crippen LogP contribution in [0.1, 0.15) is 33.2 Å². The van der Waals surface area contributed by atoms with Gasteiger partial charge in [0, 0.05) is 24.3 Å². The third kappa shape index (κ3) is 6.94. The number of benzene rings is 3. The van der Waals surface area contributed by atoms with E-state index in [-0.39, 0.29) is 18.4 Å². The Bertz CT molecular complexity index is 1310. The smallest absolute Gasteiger partial charge is 0.411 e. The van der Waals surface area contributed by atoms with E-state index in [1.165, 1.54) is 4.90 Å². The molecule has 1 saturated heterocycles. The normalized spacial score (nSPS) is 16.6. The summed E-state index contributed by atoms with van der Waals surface area (Å²) in [4.78, 5) is 42.7. The summed E-state index contributed by atoms with van der Waals surface area (Å²) in [6.07, 6.45) is -1.42. The number of likely N-dealkylation sites (N-methyl/N-ethyl adjacent to an activating group) is 1. The lowest BCUT2D eigenvalue weighted by Crippen LogP contribution is -2.47. The van der Waals surface area contributed by atoms with Gasteiger partial charge in [-0.25, -0.2) is 4.79 Å². The SMILES string of the molecule is COc1ccc(C(=O)Nc2cccc(C3OC(=O)N(Cc4ccc(C)cc4)C3C(=O)NCCN(C)C)c2)cc1. The van der Waals surface area contributed by atoms with Crippen LogP contribution in [0.2, 0.25) is 0 Å². The fourth-order valence-corrected chi connectivity index (χ4v) is 4.35. The quantitative estimate of drug-likeness (QED) is 0.411. The Hall–Kier alpha value is -4.37. The predicted molar refractivity (Wildman–Crippen MR) is 149 cm³/mol. The molecule has 1 fully saturated rings. The van der Waals surface area contributed by atoms with E-state index in [0.29, 0.717) is 35.7 Å². The third-order valence-electron chi connectivity index (χ3n) is 6.51. The van der Waals surface area contributed by atoms with Crippen molar-refractivity contribution in [1.29, 1.82) is 0 Å². The second kappa shape index (κ2) is 12.4. The molecule has 9 heteroatoms. The van der Waals surface area contributed by atoms with E-state index >= 15 is 0 Å². The lowest BCUT2D eigenvalue weighted by Gasteiger charge is -2.25. The van der Waals surface area contributed by atoms with Crippen LogP contribution >= 0.6 is 0 Å². The minimum atomic E-state index is -0.881. The van der Waals surface area contributed by atoms with Crippen LogP contribution in [0.4, 0.5) is 10.5 Å². The molecule has 2 atom stereocenters. The van der Waals surface area contributed by atoms with Crippen molar-refractivity contribution in [2.24, 2.45) is 0 Å². The molecule has 1 aliphatic heterocycles. The highest BCUT2D eigenvalue weighted by Crippen LogP contribution is 2.35. The number of aryl methyl sites for hydroxylation is 1. The highest BCUT2D eigenvalue weighted by molar-refractivity contribution is 6.04. The first-order valence-corrected chi connectivity index (χ1v) is 12.8. The molecule has 0 bridgehead atoms. The molecule has 1 heterocycles. The molecule has 39 heavy (non-hydrogen) atoms. The predicted octanol–water partition coefficient (Wildman–Crippen LogP) is 4.00. The van der Waals surface area contributed by atoms with Crippen LogP contribution in [0.25, 0.3) is 0 Å². The lowest BCUT2D eigenvalue weighted by molar-refractivity contribution is -0.126. The summed E-state index contributed by atoms with van der Waals surface area (Å²) >= 11 is 0. The van der Waals surface area contributed by atoms with Crippen LogP contribution in [0.15, 0.2) is 72.8 Å². The molecular formula is C30H34N4O5. The third-order valence-corrected chi connectivity index (χ3v) is 6.51. The van der Waals surface area contributed by atoms with Crippen LogP contribution in [-0.2, 0) is 16.1 Å². The molecule has 0 spiro atoms. The topological polar surface area (TPSA) is 100 Å². The van der Waals surface area contributed by atoms with Crippen LogP contribution in [0, 0.1) is 6.92 Å². The van der Waals surface area contributed by atoms with Crippen molar-refractivity contribution < 1.29 is 23.9 Å². The van der Waals surface area contributed by atoms with Crippen molar-refractivity contribution in [3.8, 4) is 5.75 Å². The number of carbonyl (C=O) groups excluding carboxylic acids is 3. The number of rotatable bonds is 10. The number of cyclic esters (lactones) is 1. The molecular weight excluding hydrogens is 496 g/mol. The standard InChI is InChI=1S/C30H34N4O5/c1-20-8-10-21(11-9-20)19-34-26(29(36)31-16-17-33(2)3)27(39-30(34)37)23-6-5-7-24(18-23)32-28(35)22-12-14-25(38-4)15-13-22/h5-15,18,26-27H,16-17,19H2,1-4H3,(H,31,36)(H,32,35). The maximum Gasteiger partial charge on any atom is 0.411 e. The van der Waals surface area contributed by atoms with Crippen molar-refractivity contribution >= 4 is 23.6 Å². The van der Waals surface area contributed by atoms with Crippen molar-refractivity contribution in [2.75, 3.05) is 39.6 Å². The first-order valence-electron chi connectivity index (χ1n) is 12.8. The van der Waals surface area contributed by atoms with Gasteiger partial charge in [0.05, 0.1) is 13.7 Å².